The summed E-state index contributed by atoms with van der Waals surface area (Å²) in [6.07, 6.45) is 0.654. The van der Waals surface area contributed by atoms with Crippen LogP contribution in [0.25, 0.3) is 0 Å². The summed E-state index contributed by atoms with van der Waals surface area (Å²) in [6, 6.07) is 12.6. The number of nitrogens with zero attached hydrogens (tertiary/aromatic N) is 1. The minimum absolute atomic E-state index is 0.0906. The van der Waals surface area contributed by atoms with Crippen LogP contribution < -0.4 is 14.9 Å². The van der Waals surface area contributed by atoms with Gasteiger partial charge in [-0.25, -0.2) is 0 Å². The number of H-pyrrole nitrogens is 1. The van der Waals surface area contributed by atoms with Gasteiger partial charge in [0.1, 0.15) is 12.3 Å². The summed E-state index contributed by atoms with van der Waals surface area (Å²) in [5, 5.41) is 13.2. The van der Waals surface area contributed by atoms with Crippen LogP contribution in [0.4, 0.5) is 5.69 Å². The number of fused-ring (bicyclic) bond motifs is 9. The van der Waals surface area contributed by atoms with E-state index in [0.29, 0.717) is 33.5 Å². The molecule has 2 bridgehead atoms. The number of ether oxygens (including phenoxy) is 1. The number of carbonyl (C=O) groups excluding carboxylic acids is 3. The van der Waals surface area contributed by atoms with Crippen LogP contribution in [0.1, 0.15) is 28.3 Å². The van der Waals surface area contributed by atoms with E-state index in [1.807, 2.05) is 31.2 Å². The van der Waals surface area contributed by atoms with Crippen molar-refractivity contribution in [3.8, 4) is 5.75 Å². The third kappa shape index (κ3) is 4.67. The highest BCUT2D eigenvalue weighted by atomic mass is 35.5. The maximum atomic E-state index is 13.4. The average molecular weight is 640 g/mol. The number of hydrogen-bond donors (Lipinski definition) is 3. The fourth-order valence-electron chi connectivity index (χ4n) is 7.59. The van der Waals surface area contributed by atoms with Crippen LogP contribution in [0.2, 0.25) is 5.02 Å². The van der Waals surface area contributed by atoms with E-state index in [-0.39, 0.29) is 46.3 Å². The Morgan fingerprint density at radius 2 is 1.81 bits per heavy atom. The molecule has 2 aromatic carbocycles. The van der Waals surface area contributed by atoms with Crippen LogP contribution in [0, 0.1) is 36.5 Å². The van der Waals surface area contributed by atoms with Gasteiger partial charge in [-0.1, -0.05) is 40.6 Å². The van der Waals surface area contributed by atoms with Crippen LogP contribution in [0.15, 0.2) is 52.3 Å². The number of hydrogen-bond acceptors (Lipinski definition) is 8. The minimum Gasteiger partial charge on any atom is -0.483 e. The predicted octanol–water partition coefficient (Wildman–Crippen LogP) is 3.97. The molecular formula is C30H26ClN3O7S2. The number of likely N-dealkylation sites (tertiary alicyclic amines) is 1. The van der Waals surface area contributed by atoms with E-state index in [4.69, 9.17) is 16.3 Å². The van der Waals surface area contributed by atoms with E-state index in [9.17, 15) is 29.1 Å². The second-order valence-electron chi connectivity index (χ2n) is 11.5. The molecule has 2 aliphatic heterocycles. The molecule has 0 radical (unpaired) electrons. The van der Waals surface area contributed by atoms with Gasteiger partial charge in [0, 0.05) is 32.3 Å². The summed E-state index contributed by atoms with van der Waals surface area (Å²) in [5.41, 5.74) is 2.42. The molecule has 13 heteroatoms. The second-order valence-corrected chi connectivity index (χ2v) is 14.1. The van der Waals surface area contributed by atoms with Crippen LogP contribution in [-0.2, 0) is 19.2 Å². The third-order valence-corrected chi connectivity index (χ3v) is 11.9. The van der Waals surface area contributed by atoms with E-state index >= 15 is 0 Å². The number of aromatic nitrogens is 1. The smallest absolute Gasteiger partial charge is 0.323 e. The Hall–Kier alpha value is -3.61. The molecule has 1 saturated heterocycles. The Kier molecular flexibility index (Phi) is 6.90. The zero-order valence-electron chi connectivity index (χ0n) is 22.7. The second kappa shape index (κ2) is 10.5. The first-order valence-electron chi connectivity index (χ1n) is 13.9. The first-order valence-corrected chi connectivity index (χ1v) is 15.9. The number of rotatable bonds is 7. The van der Waals surface area contributed by atoms with Crippen molar-refractivity contribution in [1.82, 2.24) is 9.88 Å². The van der Waals surface area contributed by atoms with Crippen molar-refractivity contribution >= 4 is 64.1 Å². The van der Waals surface area contributed by atoms with Gasteiger partial charge in [0.05, 0.1) is 16.9 Å². The molecule has 1 aromatic heterocycles. The number of carboxylic acid groups (broad SMARTS) is 1. The molecule has 4 aliphatic rings. The normalized spacial score (nSPS) is 28.4. The Bertz CT molecular complexity index is 1740. The fourth-order valence-corrected chi connectivity index (χ4v) is 10.6. The lowest BCUT2D eigenvalue weighted by molar-refractivity contribution is -0.149. The van der Waals surface area contributed by atoms with Gasteiger partial charge in [0.25, 0.3) is 5.91 Å². The first kappa shape index (κ1) is 28.2. The molecular weight excluding hydrogens is 614 g/mol. The van der Waals surface area contributed by atoms with Gasteiger partial charge >= 0.3 is 10.8 Å². The van der Waals surface area contributed by atoms with Crippen molar-refractivity contribution in [3.63, 3.8) is 0 Å². The molecule has 3 amide bonds. The lowest BCUT2D eigenvalue weighted by atomic mass is 9.68. The lowest BCUT2D eigenvalue weighted by Crippen LogP contribution is -2.42. The summed E-state index contributed by atoms with van der Waals surface area (Å²) in [6.45, 7) is 1.05. The number of carboxylic acids is 1. The molecule has 0 spiro atoms. The SMILES string of the molecule is Cc1ccc(NC(=O)COc2ccc(Cl)cc2[C@H]2c3sc(=O)[nH]c3SC3C4CC(C5C(=O)N(CC(=O)O)C(=O)C45)C32)cc1. The highest BCUT2D eigenvalue weighted by Crippen LogP contribution is 2.69. The summed E-state index contributed by atoms with van der Waals surface area (Å²) >= 11 is 9.13. The van der Waals surface area contributed by atoms with Gasteiger partial charge in [-0.2, -0.15) is 0 Å². The van der Waals surface area contributed by atoms with Crippen molar-refractivity contribution < 1.29 is 29.0 Å². The van der Waals surface area contributed by atoms with Crippen LogP contribution in [0.5, 0.6) is 5.75 Å². The van der Waals surface area contributed by atoms with Crippen molar-refractivity contribution in [3.05, 3.63) is 73.2 Å². The number of halogens is 1. The number of thioether (sulfide) groups is 1. The molecule has 6 unspecified atom stereocenters. The Balaban J connectivity index is 1.23. The van der Waals surface area contributed by atoms with Gasteiger partial charge in [-0.15, -0.1) is 11.8 Å². The average Bonchev–Trinajstić information content (AvgIpc) is 3.69. The van der Waals surface area contributed by atoms with Crippen molar-refractivity contribution in [1.29, 1.82) is 0 Å². The number of thiazole rings is 1. The molecule has 43 heavy (non-hydrogen) atoms. The number of imide groups is 1. The number of carbonyl (C=O) groups is 4. The molecule has 2 saturated carbocycles. The molecule has 3 heterocycles. The maximum absolute atomic E-state index is 13.4. The van der Waals surface area contributed by atoms with Gasteiger partial charge < -0.3 is 20.1 Å². The molecule has 222 valence electrons. The zero-order valence-corrected chi connectivity index (χ0v) is 25.1. The van der Waals surface area contributed by atoms with Crippen LogP contribution in [-0.4, -0.2) is 57.1 Å². The molecule has 3 N–H and O–H groups in total. The topological polar surface area (TPSA) is 146 Å². The first-order chi connectivity index (χ1) is 20.6. The Labute approximate surface area is 258 Å². The van der Waals surface area contributed by atoms with Crippen LogP contribution >= 0.6 is 34.7 Å². The highest BCUT2D eigenvalue weighted by Gasteiger charge is 2.69. The standard InChI is InChI=1S/C30H26ClN3O7S2/c1-12-2-5-14(6-3-12)32-19(35)11-41-18-7-4-13(31)8-15(18)21-22-16-9-17(25(22)42-27-26(21)43-30(40)33-27)24-23(16)28(38)34(29(24)39)10-20(36)37/h2-8,16-17,21-25H,9-11H2,1H3,(H,32,35)(H,33,40)(H,36,37)/t16?,17?,21-,22?,23?,24?,25?/m1/s1. The third-order valence-electron chi connectivity index (χ3n) is 9.11. The summed E-state index contributed by atoms with van der Waals surface area (Å²) < 4.78 is 6.08. The van der Waals surface area contributed by atoms with Gasteiger partial charge in [0.15, 0.2) is 6.61 Å². The number of amides is 3. The highest BCUT2D eigenvalue weighted by molar-refractivity contribution is 8.00. The number of aryl methyl sites for hydroxylation is 1. The van der Waals surface area contributed by atoms with E-state index < -0.39 is 36.2 Å². The molecule has 3 fully saturated rings. The molecule has 7 atom stereocenters. The van der Waals surface area contributed by atoms with Gasteiger partial charge in [-0.05, 0) is 61.4 Å². The lowest BCUT2D eigenvalue weighted by Gasteiger charge is -2.43. The van der Waals surface area contributed by atoms with Gasteiger partial charge in [0.2, 0.25) is 11.8 Å². The quantitative estimate of drug-likeness (QED) is 0.329. The van der Waals surface area contributed by atoms with Crippen molar-refractivity contribution in [2.24, 2.45) is 29.6 Å². The minimum atomic E-state index is -1.23. The molecule has 3 aromatic rings. The van der Waals surface area contributed by atoms with Crippen molar-refractivity contribution in [2.45, 2.75) is 29.5 Å². The molecule has 2 aliphatic carbocycles. The predicted molar refractivity (Wildman–Crippen MR) is 160 cm³/mol. The van der Waals surface area contributed by atoms with E-state index in [0.717, 1.165) is 26.7 Å². The van der Waals surface area contributed by atoms with Crippen molar-refractivity contribution in [2.75, 3.05) is 18.5 Å². The Morgan fingerprint density at radius 1 is 1.09 bits per heavy atom. The number of aliphatic carboxylic acids is 1. The summed E-state index contributed by atoms with van der Waals surface area (Å²) in [5.74, 6) is -4.04. The summed E-state index contributed by atoms with van der Waals surface area (Å²) in [7, 11) is 0. The zero-order chi connectivity index (χ0) is 30.2. The molecule has 10 nitrogen and oxygen atoms in total. The Morgan fingerprint density at radius 3 is 2.53 bits per heavy atom. The monoisotopic (exact) mass is 639 g/mol. The summed E-state index contributed by atoms with van der Waals surface area (Å²) in [4.78, 5) is 68.0. The van der Waals surface area contributed by atoms with Gasteiger partial charge in [-0.3, -0.25) is 28.9 Å². The van der Waals surface area contributed by atoms with E-state index in [2.05, 4.69) is 10.3 Å². The van der Waals surface area contributed by atoms with E-state index in [1.165, 1.54) is 11.8 Å². The number of nitrogens with one attached hydrogen (secondary N) is 2. The van der Waals surface area contributed by atoms with E-state index in [1.54, 1.807) is 18.2 Å². The number of benzene rings is 2. The molecule has 7 rings (SSSR count). The van der Waals surface area contributed by atoms with Crippen LogP contribution in [0.3, 0.4) is 0 Å². The number of aromatic amines is 1. The number of anilines is 1. The maximum Gasteiger partial charge on any atom is 0.323 e. The largest absolute Gasteiger partial charge is 0.483 e. The fraction of sp³-hybridized carbons (Fsp3) is 0.367.